The van der Waals surface area contributed by atoms with Gasteiger partial charge < -0.3 is 4.74 Å². The van der Waals surface area contributed by atoms with Gasteiger partial charge in [-0.25, -0.2) is 4.79 Å². The SMILES string of the molecule is CCOC(=O)C[P+]1(O)OC(C)C(C)O1. The minimum absolute atomic E-state index is 0.178. The molecule has 1 fully saturated rings. The molecule has 0 aromatic heterocycles. The van der Waals surface area contributed by atoms with Crippen LogP contribution in [0.2, 0.25) is 0 Å². The second kappa shape index (κ2) is 4.53. The Hall–Kier alpha value is -0.220. The number of hydrogen-bond acceptors (Lipinski definition) is 5. The van der Waals surface area contributed by atoms with Crippen molar-refractivity contribution in [2.45, 2.75) is 33.0 Å². The van der Waals surface area contributed by atoms with E-state index in [0.29, 0.717) is 6.61 Å². The number of esters is 1. The third-order valence-corrected chi connectivity index (χ3v) is 3.94. The van der Waals surface area contributed by atoms with Gasteiger partial charge in [0, 0.05) is 0 Å². The van der Waals surface area contributed by atoms with Crippen LogP contribution in [0.5, 0.6) is 0 Å². The van der Waals surface area contributed by atoms with Crippen molar-refractivity contribution in [3.05, 3.63) is 0 Å². The van der Waals surface area contributed by atoms with E-state index in [1.54, 1.807) is 20.8 Å². The second-order valence-corrected chi connectivity index (χ2v) is 5.23. The lowest BCUT2D eigenvalue weighted by Gasteiger charge is -2.08. The quantitative estimate of drug-likeness (QED) is 0.574. The van der Waals surface area contributed by atoms with Gasteiger partial charge in [-0.2, -0.15) is 13.9 Å². The van der Waals surface area contributed by atoms with Crippen molar-refractivity contribution in [3.8, 4) is 0 Å². The van der Waals surface area contributed by atoms with Gasteiger partial charge in [0.25, 0.3) is 0 Å². The molecule has 0 aliphatic carbocycles. The standard InChI is InChI=1S/C8H16O5P/c1-4-11-8(9)5-14(10)12-6(2)7(3)13-14/h6-7,10H,4-5H2,1-3H3/q+1. The third kappa shape index (κ3) is 2.89. The molecule has 1 aliphatic rings. The van der Waals surface area contributed by atoms with E-state index >= 15 is 0 Å². The second-order valence-electron chi connectivity index (χ2n) is 3.22. The van der Waals surface area contributed by atoms with E-state index in [-0.39, 0.29) is 18.4 Å². The average molecular weight is 223 g/mol. The molecule has 82 valence electrons. The molecule has 0 aromatic rings. The van der Waals surface area contributed by atoms with Crippen molar-refractivity contribution < 1.29 is 23.5 Å². The van der Waals surface area contributed by atoms with Crippen LogP contribution in [0.3, 0.4) is 0 Å². The first-order valence-electron chi connectivity index (χ1n) is 4.60. The summed E-state index contributed by atoms with van der Waals surface area (Å²) >= 11 is 0. The number of carbonyl (C=O) groups excluding carboxylic acids is 1. The fourth-order valence-corrected chi connectivity index (χ4v) is 3.16. The molecule has 2 atom stereocenters. The molecule has 2 unspecified atom stereocenters. The minimum atomic E-state index is -2.99. The number of ether oxygens (including phenoxy) is 1. The van der Waals surface area contributed by atoms with Gasteiger partial charge in [-0.1, -0.05) is 0 Å². The molecule has 0 saturated carbocycles. The fraction of sp³-hybridized carbons (Fsp3) is 0.875. The summed E-state index contributed by atoms with van der Waals surface area (Å²) in [5.74, 6) is -0.482. The van der Waals surface area contributed by atoms with E-state index in [1.165, 1.54) is 0 Å². The topological polar surface area (TPSA) is 65.0 Å². The summed E-state index contributed by atoms with van der Waals surface area (Å²) < 4.78 is 15.2. The van der Waals surface area contributed by atoms with Gasteiger partial charge in [0.2, 0.25) is 6.16 Å². The Labute approximate surface area is 83.9 Å². The Morgan fingerprint density at radius 3 is 2.36 bits per heavy atom. The van der Waals surface area contributed by atoms with Gasteiger partial charge in [-0.05, 0) is 20.8 Å². The van der Waals surface area contributed by atoms with Gasteiger partial charge >= 0.3 is 13.9 Å². The van der Waals surface area contributed by atoms with Gasteiger partial charge in [-0.15, -0.1) is 0 Å². The number of carbonyl (C=O) groups is 1. The molecule has 0 aromatic carbocycles. The predicted molar refractivity (Wildman–Crippen MR) is 51.7 cm³/mol. The fourth-order valence-electron chi connectivity index (χ4n) is 1.16. The Morgan fingerprint density at radius 2 is 1.93 bits per heavy atom. The van der Waals surface area contributed by atoms with E-state index in [0.717, 1.165) is 0 Å². The molecular formula is C8H16O5P+. The molecular weight excluding hydrogens is 207 g/mol. The Balaban J connectivity index is 2.47. The molecule has 0 bridgehead atoms. The summed E-state index contributed by atoms with van der Waals surface area (Å²) in [7, 11) is -2.99. The highest BCUT2D eigenvalue weighted by Gasteiger charge is 2.55. The summed E-state index contributed by atoms with van der Waals surface area (Å²) in [5, 5.41) is 0. The molecule has 0 amide bonds. The van der Waals surface area contributed by atoms with Crippen molar-refractivity contribution in [2.75, 3.05) is 12.8 Å². The monoisotopic (exact) mass is 223 g/mol. The van der Waals surface area contributed by atoms with Crippen LogP contribution < -0.4 is 0 Å². The highest BCUT2D eigenvalue weighted by molar-refractivity contribution is 7.61. The zero-order valence-electron chi connectivity index (χ0n) is 8.60. The first-order chi connectivity index (χ1) is 6.47. The van der Waals surface area contributed by atoms with E-state index in [1.807, 2.05) is 0 Å². The average Bonchev–Trinajstić information content (AvgIpc) is 2.25. The van der Waals surface area contributed by atoms with Crippen LogP contribution in [0.4, 0.5) is 0 Å². The van der Waals surface area contributed by atoms with Crippen LogP contribution in [0.1, 0.15) is 20.8 Å². The van der Waals surface area contributed by atoms with E-state index in [9.17, 15) is 9.69 Å². The van der Waals surface area contributed by atoms with Crippen molar-refractivity contribution in [1.29, 1.82) is 0 Å². The largest absolute Gasteiger partial charge is 0.463 e. The Kier molecular flexibility index (Phi) is 3.84. The maximum atomic E-state index is 11.1. The lowest BCUT2D eigenvalue weighted by molar-refractivity contribution is -0.140. The molecule has 1 heterocycles. The zero-order chi connectivity index (χ0) is 10.8. The predicted octanol–water partition coefficient (Wildman–Crippen LogP) is 1.13. The summed E-state index contributed by atoms with van der Waals surface area (Å²) in [5.41, 5.74) is 0. The van der Waals surface area contributed by atoms with Gasteiger partial charge in [0.15, 0.2) is 0 Å². The molecule has 1 N–H and O–H groups in total. The first kappa shape index (κ1) is 11.9. The summed E-state index contributed by atoms with van der Waals surface area (Å²) in [6.45, 7) is 5.60. The highest BCUT2D eigenvalue weighted by atomic mass is 31.2. The lowest BCUT2D eigenvalue weighted by Crippen LogP contribution is -2.13. The summed E-state index contributed by atoms with van der Waals surface area (Å²) in [6, 6.07) is 0. The van der Waals surface area contributed by atoms with Crippen LogP contribution in [0.15, 0.2) is 0 Å². The molecule has 5 nitrogen and oxygen atoms in total. The van der Waals surface area contributed by atoms with Crippen molar-refractivity contribution in [1.82, 2.24) is 0 Å². The smallest absolute Gasteiger partial charge is 0.421 e. The molecule has 6 heteroatoms. The van der Waals surface area contributed by atoms with Crippen molar-refractivity contribution in [3.63, 3.8) is 0 Å². The molecule has 1 rings (SSSR count). The molecule has 1 aliphatic heterocycles. The van der Waals surface area contributed by atoms with Crippen LogP contribution in [-0.4, -0.2) is 35.8 Å². The lowest BCUT2D eigenvalue weighted by atomic mass is 10.3. The maximum Gasteiger partial charge on any atom is 0.421 e. The molecule has 14 heavy (non-hydrogen) atoms. The maximum absolute atomic E-state index is 11.1. The van der Waals surface area contributed by atoms with E-state index < -0.39 is 13.9 Å². The number of rotatable bonds is 3. The van der Waals surface area contributed by atoms with Crippen LogP contribution in [0.25, 0.3) is 0 Å². The van der Waals surface area contributed by atoms with Crippen molar-refractivity contribution >= 4 is 13.9 Å². The van der Waals surface area contributed by atoms with Crippen LogP contribution in [-0.2, 0) is 18.6 Å². The highest BCUT2D eigenvalue weighted by Crippen LogP contribution is 2.63. The number of hydrogen-bond donors (Lipinski definition) is 1. The summed E-state index contributed by atoms with van der Waals surface area (Å²) in [4.78, 5) is 20.9. The van der Waals surface area contributed by atoms with Gasteiger partial charge in [0.1, 0.15) is 12.2 Å². The van der Waals surface area contributed by atoms with Crippen LogP contribution >= 0.6 is 7.94 Å². The minimum Gasteiger partial charge on any atom is -0.463 e. The van der Waals surface area contributed by atoms with Crippen molar-refractivity contribution in [2.24, 2.45) is 0 Å². The van der Waals surface area contributed by atoms with Gasteiger partial charge in [0.05, 0.1) is 6.61 Å². The molecule has 0 radical (unpaired) electrons. The third-order valence-electron chi connectivity index (χ3n) is 1.96. The Bertz CT molecular complexity index is 210. The van der Waals surface area contributed by atoms with Crippen LogP contribution in [0, 0.1) is 0 Å². The normalized spacial score (nSPS) is 37.1. The van der Waals surface area contributed by atoms with Gasteiger partial charge in [-0.3, -0.25) is 0 Å². The van der Waals surface area contributed by atoms with E-state index in [2.05, 4.69) is 0 Å². The summed E-state index contributed by atoms with van der Waals surface area (Å²) in [6.07, 6.45) is -0.541. The van der Waals surface area contributed by atoms with E-state index in [4.69, 9.17) is 13.8 Å². The first-order valence-corrected chi connectivity index (χ1v) is 6.36. The Morgan fingerprint density at radius 1 is 1.43 bits per heavy atom. The molecule has 1 saturated heterocycles. The zero-order valence-corrected chi connectivity index (χ0v) is 9.49. The molecule has 0 spiro atoms.